The first-order chi connectivity index (χ1) is 7.05. The lowest BCUT2D eigenvalue weighted by atomic mass is 10.3. The Morgan fingerprint density at radius 3 is 2.80 bits per heavy atom. The highest BCUT2D eigenvalue weighted by Gasteiger charge is 2.28. The Labute approximate surface area is 85.3 Å². The third-order valence-corrected chi connectivity index (χ3v) is 1.97. The molecule has 2 heterocycles. The van der Waals surface area contributed by atoms with E-state index in [4.69, 9.17) is 4.42 Å². The monoisotopic (exact) mass is 212 g/mol. The maximum Gasteiger partial charge on any atom is 0.301 e. The third kappa shape index (κ3) is 2.23. The molecule has 3 nitrogen and oxygen atoms in total. The minimum Gasteiger partial charge on any atom is -0.458 e. The molecular formula is C10H10F2N2O. The van der Waals surface area contributed by atoms with Gasteiger partial charge >= 0.3 is 5.92 Å². The summed E-state index contributed by atoms with van der Waals surface area (Å²) >= 11 is 0. The van der Waals surface area contributed by atoms with Crippen molar-refractivity contribution in [2.75, 3.05) is 0 Å². The molecule has 0 aliphatic heterocycles. The average molecular weight is 212 g/mol. The van der Waals surface area contributed by atoms with Crippen LogP contribution in [0.15, 0.2) is 35.0 Å². The van der Waals surface area contributed by atoms with Gasteiger partial charge in [0, 0.05) is 19.3 Å². The topological polar surface area (TPSA) is 31.0 Å². The Kier molecular flexibility index (Phi) is 2.30. The molecule has 0 aliphatic carbocycles. The quantitative estimate of drug-likeness (QED) is 0.783. The summed E-state index contributed by atoms with van der Waals surface area (Å²) < 4.78 is 32.3. The summed E-state index contributed by atoms with van der Waals surface area (Å²) in [5.74, 6) is -2.78. The van der Waals surface area contributed by atoms with Crippen LogP contribution in [0.4, 0.5) is 8.78 Å². The number of aromatic nitrogens is 2. The number of alkyl halides is 2. The van der Waals surface area contributed by atoms with E-state index in [1.165, 1.54) is 12.1 Å². The molecule has 0 atom stereocenters. The molecule has 0 aliphatic rings. The van der Waals surface area contributed by atoms with E-state index in [2.05, 4.69) is 5.10 Å². The van der Waals surface area contributed by atoms with Crippen molar-refractivity contribution in [1.82, 2.24) is 9.78 Å². The summed E-state index contributed by atoms with van der Waals surface area (Å²) in [4.78, 5) is 0. The van der Waals surface area contributed by atoms with Crippen LogP contribution in [0.1, 0.15) is 18.4 Å². The molecule has 0 aromatic carbocycles. The Morgan fingerprint density at radius 2 is 2.27 bits per heavy atom. The first-order valence-corrected chi connectivity index (χ1v) is 4.50. The van der Waals surface area contributed by atoms with Gasteiger partial charge in [0.25, 0.3) is 0 Å². The van der Waals surface area contributed by atoms with Gasteiger partial charge in [-0.15, -0.1) is 0 Å². The predicted octanol–water partition coefficient (Wildman–Crippen LogP) is 2.64. The minimum absolute atomic E-state index is 0.315. The van der Waals surface area contributed by atoms with Gasteiger partial charge in [0.1, 0.15) is 5.76 Å². The molecule has 0 N–H and O–H groups in total. The Bertz CT molecular complexity index is 428. The zero-order valence-corrected chi connectivity index (χ0v) is 8.15. The highest BCUT2D eigenvalue weighted by Crippen LogP contribution is 2.28. The fourth-order valence-corrected chi connectivity index (χ4v) is 1.25. The zero-order valence-electron chi connectivity index (χ0n) is 8.15. The lowest BCUT2D eigenvalue weighted by Crippen LogP contribution is -2.05. The van der Waals surface area contributed by atoms with Crippen LogP contribution in [0.3, 0.4) is 0 Å². The van der Waals surface area contributed by atoms with Crippen molar-refractivity contribution in [3.63, 3.8) is 0 Å². The molecule has 0 spiro atoms. The fraction of sp³-hybridized carbons (Fsp3) is 0.300. The standard InChI is InChI=1S/C10H10F2N2O/c1-10(11,12)9-4-3-8(15-9)7-14-6-2-5-13-14/h2-6H,7H2,1H3. The summed E-state index contributed by atoms with van der Waals surface area (Å²) in [6.45, 7) is 1.17. The van der Waals surface area contributed by atoms with Crippen LogP contribution in [0.25, 0.3) is 0 Å². The van der Waals surface area contributed by atoms with Crippen LogP contribution in [-0.4, -0.2) is 9.78 Å². The number of halogens is 2. The highest BCUT2D eigenvalue weighted by molar-refractivity contribution is 5.11. The van der Waals surface area contributed by atoms with E-state index in [0.29, 0.717) is 12.3 Å². The normalized spacial score (nSPS) is 11.9. The van der Waals surface area contributed by atoms with Crippen LogP contribution in [0.2, 0.25) is 0 Å². The smallest absolute Gasteiger partial charge is 0.301 e. The summed E-state index contributed by atoms with van der Waals surface area (Å²) in [5, 5.41) is 3.95. The van der Waals surface area contributed by atoms with E-state index in [-0.39, 0.29) is 5.76 Å². The number of nitrogens with zero attached hydrogens (tertiary/aromatic N) is 2. The SMILES string of the molecule is CC(F)(F)c1ccc(Cn2cccn2)o1. The molecule has 0 amide bonds. The van der Waals surface area contributed by atoms with E-state index in [1.54, 1.807) is 23.1 Å². The van der Waals surface area contributed by atoms with Gasteiger partial charge < -0.3 is 4.42 Å². The van der Waals surface area contributed by atoms with Crippen molar-refractivity contribution in [1.29, 1.82) is 0 Å². The van der Waals surface area contributed by atoms with Gasteiger partial charge in [-0.05, 0) is 18.2 Å². The summed E-state index contributed by atoms with van der Waals surface area (Å²) in [5.41, 5.74) is 0. The molecule has 0 radical (unpaired) electrons. The molecule has 2 aromatic rings. The van der Waals surface area contributed by atoms with E-state index < -0.39 is 5.92 Å². The summed E-state index contributed by atoms with van der Waals surface area (Å²) in [7, 11) is 0. The van der Waals surface area contributed by atoms with Crippen molar-refractivity contribution in [3.05, 3.63) is 42.1 Å². The Hall–Kier alpha value is -1.65. The largest absolute Gasteiger partial charge is 0.458 e. The Balaban J connectivity index is 2.15. The first-order valence-electron chi connectivity index (χ1n) is 4.50. The van der Waals surface area contributed by atoms with Crippen LogP contribution < -0.4 is 0 Å². The lowest BCUT2D eigenvalue weighted by molar-refractivity contribution is -0.00636. The maximum atomic E-state index is 12.8. The molecule has 2 rings (SSSR count). The number of hydrogen-bond acceptors (Lipinski definition) is 2. The maximum absolute atomic E-state index is 12.8. The van der Waals surface area contributed by atoms with Gasteiger partial charge in [-0.25, -0.2) is 0 Å². The second-order valence-corrected chi connectivity index (χ2v) is 3.36. The summed E-state index contributed by atoms with van der Waals surface area (Å²) in [6, 6.07) is 4.59. The van der Waals surface area contributed by atoms with E-state index in [9.17, 15) is 8.78 Å². The molecule has 15 heavy (non-hydrogen) atoms. The van der Waals surface area contributed by atoms with Crippen molar-refractivity contribution in [3.8, 4) is 0 Å². The summed E-state index contributed by atoms with van der Waals surface area (Å²) in [6.07, 6.45) is 3.37. The van der Waals surface area contributed by atoms with Crippen molar-refractivity contribution in [2.45, 2.75) is 19.4 Å². The van der Waals surface area contributed by atoms with E-state index in [0.717, 1.165) is 6.92 Å². The van der Waals surface area contributed by atoms with Gasteiger partial charge in [0.2, 0.25) is 0 Å². The molecule has 80 valence electrons. The van der Waals surface area contributed by atoms with E-state index in [1.807, 2.05) is 0 Å². The van der Waals surface area contributed by atoms with Crippen molar-refractivity contribution in [2.24, 2.45) is 0 Å². The molecule has 2 aromatic heterocycles. The molecule has 0 bridgehead atoms. The number of hydrogen-bond donors (Lipinski definition) is 0. The lowest BCUT2D eigenvalue weighted by Gasteiger charge is -2.05. The number of furan rings is 1. The third-order valence-electron chi connectivity index (χ3n) is 1.97. The van der Waals surface area contributed by atoms with Crippen LogP contribution in [0, 0.1) is 0 Å². The molecule has 5 heteroatoms. The van der Waals surface area contributed by atoms with Gasteiger partial charge in [-0.1, -0.05) is 0 Å². The van der Waals surface area contributed by atoms with Crippen LogP contribution >= 0.6 is 0 Å². The minimum atomic E-state index is -2.93. The number of rotatable bonds is 3. The zero-order chi connectivity index (χ0) is 10.9. The second-order valence-electron chi connectivity index (χ2n) is 3.36. The van der Waals surface area contributed by atoms with Crippen molar-refractivity contribution >= 4 is 0 Å². The Morgan fingerprint density at radius 1 is 1.47 bits per heavy atom. The highest BCUT2D eigenvalue weighted by atomic mass is 19.3. The van der Waals surface area contributed by atoms with Gasteiger partial charge in [0.15, 0.2) is 5.76 Å². The van der Waals surface area contributed by atoms with Gasteiger partial charge in [-0.2, -0.15) is 13.9 Å². The van der Waals surface area contributed by atoms with Crippen molar-refractivity contribution < 1.29 is 13.2 Å². The van der Waals surface area contributed by atoms with E-state index >= 15 is 0 Å². The van der Waals surface area contributed by atoms with Gasteiger partial charge in [-0.3, -0.25) is 4.68 Å². The molecule has 0 saturated heterocycles. The predicted molar refractivity (Wildman–Crippen MR) is 49.6 cm³/mol. The molecular weight excluding hydrogens is 202 g/mol. The van der Waals surface area contributed by atoms with Crippen LogP contribution in [-0.2, 0) is 12.5 Å². The average Bonchev–Trinajstić information content (AvgIpc) is 2.73. The second kappa shape index (κ2) is 3.49. The fourth-order valence-electron chi connectivity index (χ4n) is 1.25. The first kappa shape index (κ1) is 9.89. The molecule has 0 saturated carbocycles. The van der Waals surface area contributed by atoms with Crippen LogP contribution in [0.5, 0.6) is 0 Å². The molecule has 0 fully saturated rings. The molecule has 0 unspecified atom stereocenters. The van der Waals surface area contributed by atoms with Gasteiger partial charge in [0.05, 0.1) is 6.54 Å².